The SMILES string of the molecule is COC(=O)c1ccc(-c2cnsc2-c2cc(OC)c(OC)c(OC)c2)cc1. The van der Waals surface area contributed by atoms with Crippen LogP contribution in [0.4, 0.5) is 0 Å². The topological polar surface area (TPSA) is 66.9 Å². The highest BCUT2D eigenvalue weighted by Gasteiger charge is 2.18. The lowest BCUT2D eigenvalue weighted by atomic mass is 10.0. The van der Waals surface area contributed by atoms with Gasteiger partial charge in [-0.25, -0.2) is 4.79 Å². The van der Waals surface area contributed by atoms with Crippen LogP contribution in [0, 0.1) is 0 Å². The fourth-order valence-corrected chi connectivity index (χ4v) is 3.52. The Morgan fingerprint density at radius 2 is 1.52 bits per heavy atom. The molecule has 1 heterocycles. The number of ether oxygens (including phenoxy) is 4. The number of carbonyl (C=O) groups excluding carboxylic acids is 1. The summed E-state index contributed by atoms with van der Waals surface area (Å²) in [5.74, 6) is 1.33. The van der Waals surface area contributed by atoms with Crippen LogP contribution in [-0.2, 0) is 4.74 Å². The molecular weight excluding hydrogens is 366 g/mol. The summed E-state index contributed by atoms with van der Waals surface area (Å²) in [7, 11) is 6.10. The Bertz CT molecular complexity index is 924. The number of benzene rings is 2. The van der Waals surface area contributed by atoms with Crippen LogP contribution in [0.5, 0.6) is 17.2 Å². The van der Waals surface area contributed by atoms with Gasteiger partial charge in [0, 0.05) is 17.3 Å². The van der Waals surface area contributed by atoms with E-state index in [9.17, 15) is 4.79 Å². The normalized spacial score (nSPS) is 10.4. The molecule has 0 aliphatic heterocycles. The Kier molecular flexibility index (Phi) is 5.61. The summed E-state index contributed by atoms with van der Waals surface area (Å²) in [4.78, 5) is 12.6. The summed E-state index contributed by atoms with van der Waals surface area (Å²) in [6.07, 6.45) is 1.80. The molecule has 0 saturated heterocycles. The molecule has 3 rings (SSSR count). The van der Waals surface area contributed by atoms with E-state index in [1.54, 1.807) is 39.7 Å². The van der Waals surface area contributed by atoms with E-state index in [4.69, 9.17) is 18.9 Å². The largest absolute Gasteiger partial charge is 0.493 e. The highest BCUT2D eigenvalue weighted by molar-refractivity contribution is 7.10. The van der Waals surface area contributed by atoms with Crippen molar-refractivity contribution >= 4 is 17.5 Å². The number of carbonyl (C=O) groups is 1. The predicted octanol–water partition coefficient (Wildman–Crippen LogP) is 4.29. The number of esters is 1. The first kappa shape index (κ1) is 18.7. The zero-order valence-corrected chi connectivity index (χ0v) is 16.3. The summed E-state index contributed by atoms with van der Waals surface area (Å²) in [6, 6.07) is 11.0. The molecule has 0 unspecified atom stereocenters. The minimum atomic E-state index is -0.366. The summed E-state index contributed by atoms with van der Waals surface area (Å²) in [5, 5.41) is 0. The number of rotatable bonds is 6. The van der Waals surface area contributed by atoms with E-state index in [1.165, 1.54) is 18.6 Å². The van der Waals surface area contributed by atoms with Crippen molar-refractivity contribution in [3.05, 3.63) is 48.2 Å². The molecule has 0 radical (unpaired) electrons. The van der Waals surface area contributed by atoms with Gasteiger partial charge >= 0.3 is 5.97 Å². The van der Waals surface area contributed by atoms with Gasteiger partial charge in [0.1, 0.15) is 0 Å². The van der Waals surface area contributed by atoms with Gasteiger partial charge in [-0.3, -0.25) is 0 Å². The minimum absolute atomic E-state index is 0.366. The molecular formula is C20H19NO5S. The second-order valence-electron chi connectivity index (χ2n) is 5.55. The Morgan fingerprint density at radius 1 is 0.889 bits per heavy atom. The zero-order chi connectivity index (χ0) is 19.4. The van der Waals surface area contributed by atoms with Crippen LogP contribution in [0.25, 0.3) is 21.6 Å². The molecule has 0 aliphatic rings. The second-order valence-corrected chi connectivity index (χ2v) is 6.35. The molecule has 0 bridgehead atoms. The third-order valence-corrected chi connectivity index (χ3v) is 4.96. The van der Waals surface area contributed by atoms with Gasteiger partial charge in [-0.05, 0) is 41.4 Å². The van der Waals surface area contributed by atoms with Gasteiger partial charge in [0.05, 0.1) is 38.9 Å². The van der Waals surface area contributed by atoms with Crippen LogP contribution in [0.15, 0.2) is 42.6 Å². The van der Waals surface area contributed by atoms with Crippen LogP contribution in [0.2, 0.25) is 0 Å². The maximum atomic E-state index is 11.6. The maximum Gasteiger partial charge on any atom is 0.337 e. The van der Waals surface area contributed by atoms with Crippen molar-refractivity contribution in [1.29, 1.82) is 0 Å². The average Bonchev–Trinajstić information content (AvgIpc) is 3.21. The van der Waals surface area contributed by atoms with E-state index >= 15 is 0 Å². The van der Waals surface area contributed by atoms with E-state index < -0.39 is 0 Å². The first-order valence-electron chi connectivity index (χ1n) is 8.06. The molecule has 0 atom stereocenters. The highest BCUT2D eigenvalue weighted by Crippen LogP contribution is 2.44. The third-order valence-electron chi connectivity index (χ3n) is 4.11. The van der Waals surface area contributed by atoms with Crippen molar-refractivity contribution in [2.45, 2.75) is 0 Å². The Labute approximate surface area is 161 Å². The van der Waals surface area contributed by atoms with E-state index in [2.05, 4.69) is 4.37 Å². The van der Waals surface area contributed by atoms with Crippen molar-refractivity contribution in [3.63, 3.8) is 0 Å². The number of hydrogen-bond donors (Lipinski definition) is 0. The Balaban J connectivity index is 2.06. The number of nitrogens with zero attached hydrogens (tertiary/aromatic N) is 1. The fourth-order valence-electron chi connectivity index (χ4n) is 2.77. The van der Waals surface area contributed by atoms with Crippen LogP contribution in [0.1, 0.15) is 10.4 Å². The van der Waals surface area contributed by atoms with Gasteiger partial charge in [0.2, 0.25) is 5.75 Å². The zero-order valence-electron chi connectivity index (χ0n) is 15.4. The van der Waals surface area contributed by atoms with Crippen molar-refractivity contribution in [2.24, 2.45) is 0 Å². The van der Waals surface area contributed by atoms with Crippen LogP contribution < -0.4 is 14.2 Å². The fraction of sp³-hybridized carbons (Fsp3) is 0.200. The molecule has 2 aromatic carbocycles. The Hall–Kier alpha value is -3.06. The van der Waals surface area contributed by atoms with Gasteiger partial charge in [0.15, 0.2) is 11.5 Å². The highest BCUT2D eigenvalue weighted by atomic mass is 32.1. The average molecular weight is 385 g/mol. The summed E-state index contributed by atoms with van der Waals surface area (Å²) < 4.78 is 25.4. The molecule has 3 aromatic rings. The number of methoxy groups -OCH3 is 4. The van der Waals surface area contributed by atoms with Crippen LogP contribution >= 0.6 is 11.5 Å². The molecule has 27 heavy (non-hydrogen) atoms. The third kappa shape index (κ3) is 3.59. The number of aromatic nitrogens is 1. The quantitative estimate of drug-likeness (QED) is 0.590. The van der Waals surface area contributed by atoms with Crippen LogP contribution in [-0.4, -0.2) is 38.8 Å². The summed E-state index contributed by atoms with van der Waals surface area (Å²) in [5.41, 5.74) is 3.30. The monoisotopic (exact) mass is 385 g/mol. The van der Waals surface area contributed by atoms with Crippen molar-refractivity contribution in [1.82, 2.24) is 4.37 Å². The molecule has 1 aromatic heterocycles. The summed E-state index contributed by atoms with van der Waals surface area (Å²) >= 11 is 1.37. The molecule has 0 saturated carbocycles. The van der Waals surface area contributed by atoms with E-state index in [0.29, 0.717) is 22.8 Å². The van der Waals surface area contributed by atoms with Gasteiger partial charge < -0.3 is 18.9 Å². The van der Waals surface area contributed by atoms with Crippen molar-refractivity contribution < 1.29 is 23.7 Å². The van der Waals surface area contributed by atoms with Crippen LogP contribution in [0.3, 0.4) is 0 Å². The molecule has 0 spiro atoms. The molecule has 7 heteroatoms. The van der Waals surface area contributed by atoms with E-state index in [0.717, 1.165) is 21.6 Å². The predicted molar refractivity (Wildman–Crippen MR) is 104 cm³/mol. The van der Waals surface area contributed by atoms with Gasteiger partial charge in [0.25, 0.3) is 0 Å². The first-order chi connectivity index (χ1) is 13.1. The van der Waals surface area contributed by atoms with Gasteiger partial charge in [-0.1, -0.05) is 12.1 Å². The minimum Gasteiger partial charge on any atom is -0.493 e. The molecule has 6 nitrogen and oxygen atoms in total. The molecule has 140 valence electrons. The van der Waals surface area contributed by atoms with Gasteiger partial charge in [-0.15, -0.1) is 0 Å². The lowest BCUT2D eigenvalue weighted by Gasteiger charge is -2.14. The summed E-state index contributed by atoms with van der Waals surface area (Å²) in [6.45, 7) is 0. The number of hydrogen-bond acceptors (Lipinski definition) is 7. The van der Waals surface area contributed by atoms with Gasteiger partial charge in [-0.2, -0.15) is 4.37 Å². The molecule has 0 N–H and O–H groups in total. The standard InChI is InChI=1S/C20H19NO5S/c1-23-16-9-14(10-17(24-2)18(16)25-3)19-15(11-21-27-19)12-5-7-13(8-6-12)20(22)26-4/h5-11H,1-4H3. The lowest BCUT2D eigenvalue weighted by molar-refractivity contribution is 0.0601. The second kappa shape index (κ2) is 8.09. The molecule has 0 aliphatic carbocycles. The van der Waals surface area contributed by atoms with E-state index in [-0.39, 0.29) is 5.97 Å². The maximum absolute atomic E-state index is 11.6. The van der Waals surface area contributed by atoms with Crippen molar-refractivity contribution in [2.75, 3.05) is 28.4 Å². The Morgan fingerprint density at radius 3 is 2.04 bits per heavy atom. The first-order valence-corrected chi connectivity index (χ1v) is 8.84. The molecule has 0 amide bonds. The lowest BCUT2D eigenvalue weighted by Crippen LogP contribution is -2.00. The van der Waals surface area contributed by atoms with E-state index in [1.807, 2.05) is 24.3 Å². The smallest absolute Gasteiger partial charge is 0.337 e. The molecule has 0 fully saturated rings. The van der Waals surface area contributed by atoms with Crippen molar-refractivity contribution in [3.8, 4) is 38.8 Å².